The van der Waals surface area contributed by atoms with Gasteiger partial charge in [-0.15, -0.1) is 0 Å². The molecule has 2 fully saturated rings. The number of nitrogens with zero attached hydrogens (tertiary/aromatic N) is 2. The number of fused-ring (bicyclic) bond motifs is 1. The monoisotopic (exact) mass is 449 g/mol. The van der Waals surface area contributed by atoms with Crippen LogP contribution in [0.3, 0.4) is 0 Å². The average Bonchev–Trinajstić information content (AvgIpc) is 3.21. The Morgan fingerprint density at radius 1 is 1.15 bits per heavy atom. The summed E-state index contributed by atoms with van der Waals surface area (Å²) in [7, 11) is 0. The van der Waals surface area contributed by atoms with Gasteiger partial charge < -0.3 is 25.0 Å². The highest BCUT2D eigenvalue weighted by Gasteiger charge is 2.20. The Morgan fingerprint density at radius 3 is 2.70 bits per heavy atom. The molecule has 1 amide bonds. The minimum Gasteiger partial charge on any atom is -0.489 e. The SMILES string of the molecule is CC(=O)Nc1ccc(-c2cc(OC3CCOCC3)c3c(C)n[nH]c3c2)cc1N1CCNCC1. The summed E-state index contributed by atoms with van der Waals surface area (Å²) in [6, 6.07) is 10.5. The minimum atomic E-state index is -0.0689. The van der Waals surface area contributed by atoms with Crippen LogP contribution in [0.5, 0.6) is 5.75 Å². The number of hydrogen-bond donors (Lipinski definition) is 3. The van der Waals surface area contributed by atoms with Crippen molar-refractivity contribution < 1.29 is 14.3 Å². The zero-order chi connectivity index (χ0) is 22.8. The highest BCUT2D eigenvalue weighted by atomic mass is 16.5. The van der Waals surface area contributed by atoms with Crippen LogP contribution in [0.1, 0.15) is 25.5 Å². The molecule has 2 aromatic carbocycles. The average molecular weight is 450 g/mol. The van der Waals surface area contributed by atoms with E-state index in [0.29, 0.717) is 0 Å². The van der Waals surface area contributed by atoms with E-state index in [-0.39, 0.29) is 12.0 Å². The van der Waals surface area contributed by atoms with Crippen molar-refractivity contribution in [2.24, 2.45) is 0 Å². The van der Waals surface area contributed by atoms with Crippen LogP contribution >= 0.6 is 0 Å². The molecular formula is C25H31N5O3. The van der Waals surface area contributed by atoms with Gasteiger partial charge in [0.05, 0.1) is 41.2 Å². The van der Waals surface area contributed by atoms with Gasteiger partial charge >= 0.3 is 0 Å². The van der Waals surface area contributed by atoms with Gasteiger partial charge in [-0.05, 0) is 42.3 Å². The fourth-order valence-corrected chi connectivity index (χ4v) is 4.68. The van der Waals surface area contributed by atoms with Crippen molar-refractivity contribution in [1.29, 1.82) is 0 Å². The summed E-state index contributed by atoms with van der Waals surface area (Å²) >= 11 is 0. The third-order valence-electron chi connectivity index (χ3n) is 6.37. The van der Waals surface area contributed by atoms with Gasteiger partial charge in [-0.3, -0.25) is 9.89 Å². The fraction of sp³-hybridized carbons (Fsp3) is 0.440. The number of ether oxygens (including phenoxy) is 2. The quantitative estimate of drug-likeness (QED) is 0.553. The molecule has 0 saturated carbocycles. The van der Waals surface area contributed by atoms with Crippen LogP contribution in [0.4, 0.5) is 11.4 Å². The number of aryl methyl sites for hydroxylation is 1. The van der Waals surface area contributed by atoms with Crippen LogP contribution < -0.4 is 20.3 Å². The standard InChI is InChI=1S/C25H31N5O3/c1-16-25-22(29-28-16)13-19(15-24(25)33-20-5-11-32-12-6-20)18-3-4-21(27-17(2)31)23(14-18)30-9-7-26-8-10-30/h3-4,13-15,20,26H,5-12H2,1-2H3,(H,27,31)(H,28,29). The van der Waals surface area contributed by atoms with Crippen molar-refractivity contribution in [2.75, 3.05) is 49.6 Å². The third kappa shape index (κ3) is 4.67. The second-order valence-corrected chi connectivity index (χ2v) is 8.79. The molecule has 0 unspecified atom stereocenters. The van der Waals surface area contributed by atoms with Crippen LogP contribution in [-0.2, 0) is 9.53 Å². The van der Waals surface area contributed by atoms with E-state index in [1.54, 1.807) is 6.92 Å². The van der Waals surface area contributed by atoms with Crippen LogP contribution in [0.2, 0.25) is 0 Å². The Kier molecular flexibility index (Phi) is 6.20. The van der Waals surface area contributed by atoms with E-state index in [2.05, 4.69) is 50.0 Å². The number of benzene rings is 2. The first-order valence-corrected chi connectivity index (χ1v) is 11.7. The largest absolute Gasteiger partial charge is 0.489 e. The number of hydrogen-bond acceptors (Lipinski definition) is 6. The molecular weight excluding hydrogens is 418 g/mol. The number of amides is 1. The number of rotatable bonds is 5. The van der Waals surface area contributed by atoms with E-state index in [1.807, 2.05) is 13.0 Å². The lowest BCUT2D eigenvalue weighted by Gasteiger charge is -2.31. The highest BCUT2D eigenvalue weighted by molar-refractivity contribution is 5.95. The number of piperazine rings is 1. The topological polar surface area (TPSA) is 91.5 Å². The molecule has 0 atom stereocenters. The maximum Gasteiger partial charge on any atom is 0.221 e. The third-order valence-corrected chi connectivity index (χ3v) is 6.37. The number of nitrogens with one attached hydrogen (secondary N) is 3. The summed E-state index contributed by atoms with van der Waals surface area (Å²) < 4.78 is 12.0. The Balaban J connectivity index is 1.55. The molecule has 3 N–H and O–H groups in total. The molecule has 0 spiro atoms. The molecule has 3 aromatic rings. The molecule has 2 aliphatic heterocycles. The van der Waals surface area contributed by atoms with Gasteiger partial charge in [0.25, 0.3) is 0 Å². The number of carbonyl (C=O) groups excluding carboxylic acids is 1. The number of aromatic amines is 1. The van der Waals surface area contributed by atoms with Crippen LogP contribution in [0, 0.1) is 6.92 Å². The van der Waals surface area contributed by atoms with Crippen molar-refractivity contribution in [3.63, 3.8) is 0 Å². The lowest BCUT2D eigenvalue weighted by molar-refractivity contribution is -0.114. The van der Waals surface area contributed by atoms with E-state index < -0.39 is 0 Å². The molecule has 174 valence electrons. The molecule has 8 nitrogen and oxygen atoms in total. The summed E-state index contributed by atoms with van der Waals surface area (Å²) in [6.07, 6.45) is 1.92. The zero-order valence-electron chi connectivity index (χ0n) is 19.2. The van der Waals surface area contributed by atoms with Gasteiger partial charge in [0.2, 0.25) is 5.91 Å². The first-order chi connectivity index (χ1) is 16.1. The smallest absolute Gasteiger partial charge is 0.221 e. The van der Waals surface area contributed by atoms with Gasteiger partial charge in [-0.2, -0.15) is 5.10 Å². The first-order valence-electron chi connectivity index (χ1n) is 11.7. The Hall–Kier alpha value is -3.10. The van der Waals surface area contributed by atoms with Gasteiger partial charge in [-0.1, -0.05) is 6.07 Å². The van der Waals surface area contributed by atoms with Gasteiger partial charge in [-0.25, -0.2) is 0 Å². The number of carbonyl (C=O) groups is 1. The van der Waals surface area contributed by atoms with Crippen LogP contribution in [0.25, 0.3) is 22.0 Å². The summed E-state index contributed by atoms with van der Waals surface area (Å²) in [4.78, 5) is 14.1. The summed E-state index contributed by atoms with van der Waals surface area (Å²) in [6.45, 7) is 8.65. The van der Waals surface area contributed by atoms with Gasteiger partial charge in [0, 0.05) is 45.9 Å². The Labute approximate surface area is 193 Å². The van der Waals surface area contributed by atoms with E-state index >= 15 is 0 Å². The maximum atomic E-state index is 11.8. The second kappa shape index (κ2) is 9.41. The molecule has 3 heterocycles. The van der Waals surface area contributed by atoms with Crippen molar-refractivity contribution in [1.82, 2.24) is 15.5 Å². The van der Waals surface area contributed by atoms with Crippen molar-refractivity contribution in [3.8, 4) is 16.9 Å². The normalized spacial score (nSPS) is 17.3. The summed E-state index contributed by atoms with van der Waals surface area (Å²) in [5, 5.41) is 15.0. The number of aromatic nitrogens is 2. The molecule has 1 aromatic heterocycles. The first kappa shape index (κ1) is 21.7. The van der Waals surface area contributed by atoms with Crippen molar-refractivity contribution in [2.45, 2.75) is 32.8 Å². The Bertz CT molecular complexity index is 1150. The number of anilines is 2. The predicted octanol–water partition coefficient (Wildman–Crippen LogP) is 3.46. The lowest BCUT2D eigenvalue weighted by atomic mass is 10.0. The molecule has 8 heteroatoms. The van der Waals surface area contributed by atoms with E-state index in [1.165, 1.54) is 0 Å². The molecule has 0 radical (unpaired) electrons. The molecule has 33 heavy (non-hydrogen) atoms. The highest BCUT2D eigenvalue weighted by Crippen LogP contribution is 2.38. The van der Waals surface area contributed by atoms with Gasteiger partial charge in [0.15, 0.2) is 0 Å². The molecule has 5 rings (SSSR count). The molecule has 2 aliphatic rings. The fourth-order valence-electron chi connectivity index (χ4n) is 4.68. The predicted molar refractivity (Wildman–Crippen MR) is 130 cm³/mol. The molecule has 2 saturated heterocycles. The van der Waals surface area contributed by atoms with E-state index in [0.717, 1.165) is 97.1 Å². The molecule has 0 bridgehead atoms. The van der Waals surface area contributed by atoms with E-state index in [4.69, 9.17) is 9.47 Å². The molecule has 0 aliphatic carbocycles. The summed E-state index contributed by atoms with van der Waals surface area (Å²) in [5.41, 5.74) is 5.90. The lowest BCUT2D eigenvalue weighted by Crippen LogP contribution is -2.43. The number of H-pyrrole nitrogens is 1. The van der Waals surface area contributed by atoms with Crippen LogP contribution in [0.15, 0.2) is 30.3 Å². The van der Waals surface area contributed by atoms with Crippen molar-refractivity contribution >= 4 is 28.2 Å². The Morgan fingerprint density at radius 2 is 1.94 bits per heavy atom. The van der Waals surface area contributed by atoms with E-state index in [9.17, 15) is 4.79 Å². The van der Waals surface area contributed by atoms with Crippen molar-refractivity contribution in [3.05, 3.63) is 36.0 Å². The van der Waals surface area contributed by atoms with Gasteiger partial charge in [0.1, 0.15) is 11.9 Å². The van der Waals surface area contributed by atoms with Crippen LogP contribution in [-0.4, -0.2) is 61.6 Å². The second-order valence-electron chi connectivity index (χ2n) is 8.79. The zero-order valence-corrected chi connectivity index (χ0v) is 19.2. The summed E-state index contributed by atoms with van der Waals surface area (Å²) in [5.74, 6) is 0.788. The minimum absolute atomic E-state index is 0.0689. The maximum absolute atomic E-state index is 11.8.